The summed E-state index contributed by atoms with van der Waals surface area (Å²) in [4.78, 5) is 29.9. The number of carbonyl (C=O) groups is 2. The summed E-state index contributed by atoms with van der Waals surface area (Å²) < 4.78 is 13.5. The molecule has 0 aromatic heterocycles. The molecule has 7 rings (SSSR count). The van der Waals surface area contributed by atoms with Crippen LogP contribution in [-0.4, -0.2) is 34.5 Å². The highest BCUT2D eigenvalue weighted by atomic mass is 16.7. The number of hydrogen-bond donors (Lipinski definition) is 1. The zero-order chi connectivity index (χ0) is 33.0. The first kappa shape index (κ1) is 31.7. The van der Waals surface area contributed by atoms with Gasteiger partial charge in [0, 0.05) is 31.1 Å². The molecule has 0 aliphatic carbocycles. The van der Waals surface area contributed by atoms with Gasteiger partial charge in [0.15, 0.2) is 6.29 Å². The molecule has 2 heterocycles. The molecule has 4 atom stereocenters. The molecule has 1 saturated heterocycles. The van der Waals surface area contributed by atoms with Gasteiger partial charge in [-0.25, -0.2) is 4.90 Å². The lowest BCUT2D eigenvalue weighted by Crippen LogP contribution is -2.44. The minimum atomic E-state index is -0.680. The smallest absolute Gasteiger partial charge is 0.266 e. The molecule has 4 unspecified atom stereocenters. The highest BCUT2D eigenvalue weighted by Crippen LogP contribution is 2.42. The normalized spacial score (nSPS) is 20.7. The Morgan fingerprint density at radius 3 is 1.69 bits per heavy atom. The number of ether oxygens (including phenoxy) is 2. The predicted molar refractivity (Wildman–Crippen MR) is 184 cm³/mol. The Kier molecular flexibility index (Phi) is 9.27. The van der Waals surface area contributed by atoms with Gasteiger partial charge in [0.25, 0.3) is 11.8 Å². The van der Waals surface area contributed by atoms with Crippen molar-refractivity contribution in [2.45, 2.75) is 45.1 Å². The summed E-state index contributed by atoms with van der Waals surface area (Å²) in [5.41, 5.74) is 6.42. The van der Waals surface area contributed by atoms with Crippen LogP contribution in [0.4, 0.5) is 5.69 Å². The van der Waals surface area contributed by atoms with E-state index in [0.29, 0.717) is 23.4 Å². The van der Waals surface area contributed by atoms with Gasteiger partial charge in [-0.1, -0.05) is 116 Å². The second-order valence-electron chi connectivity index (χ2n) is 12.5. The van der Waals surface area contributed by atoms with Crippen LogP contribution in [0, 0.1) is 5.92 Å². The maximum absolute atomic E-state index is 13.1. The van der Waals surface area contributed by atoms with Crippen LogP contribution in [0.25, 0.3) is 0 Å². The molecule has 0 radical (unpaired) electrons. The summed E-state index contributed by atoms with van der Waals surface area (Å²) in [5, 5.41) is 9.65. The Bertz CT molecular complexity index is 1790. The second kappa shape index (κ2) is 14.1. The summed E-state index contributed by atoms with van der Waals surface area (Å²) >= 11 is 0. The summed E-state index contributed by atoms with van der Waals surface area (Å²) in [6, 6.07) is 43.0. The third-order valence-corrected chi connectivity index (χ3v) is 9.28. The van der Waals surface area contributed by atoms with Gasteiger partial charge in [0.1, 0.15) is 0 Å². The largest absolute Gasteiger partial charge is 0.392 e. The lowest BCUT2D eigenvalue weighted by atomic mass is 9.89. The van der Waals surface area contributed by atoms with Crippen LogP contribution in [0.3, 0.4) is 0 Å². The van der Waals surface area contributed by atoms with Gasteiger partial charge in [0.2, 0.25) is 0 Å². The molecule has 1 N–H and O–H groups in total. The van der Waals surface area contributed by atoms with Crippen molar-refractivity contribution in [3.05, 3.63) is 172 Å². The highest BCUT2D eigenvalue weighted by molar-refractivity contribution is 6.34. The molecule has 0 spiro atoms. The number of imide groups is 1. The molecule has 1 fully saturated rings. The molecule has 7 heteroatoms. The summed E-state index contributed by atoms with van der Waals surface area (Å²) in [7, 11) is 0. The maximum atomic E-state index is 13.1. The Hall–Kier alpha value is -4.92. The number of nitrogens with zero attached hydrogens (tertiary/aromatic N) is 2. The standard InChI is InChI=1S/C41H38N2O5/c1-28-37(26-42(24-29-10-4-2-5-11-29)25-30-12-6-3-7-13-30)47-41(48-38(28)32-18-16-31(27-44)17-19-32)33-20-22-34(23-21-33)43-39(45)35-14-8-9-15-36(35)40(43)46/h2-23,28,37-38,41,44H,24-27H2,1H3. The molecule has 0 bridgehead atoms. The minimum Gasteiger partial charge on any atom is -0.392 e. The molecule has 0 saturated carbocycles. The highest BCUT2D eigenvalue weighted by Gasteiger charge is 2.40. The van der Waals surface area contributed by atoms with Gasteiger partial charge in [-0.15, -0.1) is 0 Å². The zero-order valence-corrected chi connectivity index (χ0v) is 26.8. The van der Waals surface area contributed by atoms with Crippen molar-refractivity contribution in [2.75, 3.05) is 11.4 Å². The average Bonchev–Trinajstić information content (AvgIpc) is 3.39. The van der Waals surface area contributed by atoms with Crippen LogP contribution >= 0.6 is 0 Å². The van der Waals surface area contributed by atoms with Crippen molar-refractivity contribution < 1.29 is 24.2 Å². The third kappa shape index (κ3) is 6.59. The van der Waals surface area contributed by atoms with E-state index in [-0.39, 0.29) is 36.5 Å². The van der Waals surface area contributed by atoms with Crippen molar-refractivity contribution >= 4 is 17.5 Å². The topological polar surface area (TPSA) is 79.3 Å². The lowest BCUT2D eigenvalue weighted by molar-refractivity contribution is -0.276. The maximum Gasteiger partial charge on any atom is 0.266 e. The van der Waals surface area contributed by atoms with Crippen LogP contribution in [0.5, 0.6) is 0 Å². The van der Waals surface area contributed by atoms with Crippen LogP contribution in [0.2, 0.25) is 0 Å². The molecule has 2 aliphatic rings. The van der Waals surface area contributed by atoms with E-state index in [9.17, 15) is 14.7 Å². The number of benzene rings is 5. The number of rotatable bonds is 10. The zero-order valence-electron chi connectivity index (χ0n) is 26.8. The summed E-state index contributed by atoms with van der Waals surface area (Å²) in [6.45, 7) is 4.34. The van der Waals surface area contributed by atoms with E-state index in [0.717, 1.165) is 29.8 Å². The van der Waals surface area contributed by atoms with Crippen molar-refractivity contribution in [3.8, 4) is 0 Å². The first-order chi connectivity index (χ1) is 23.5. The van der Waals surface area contributed by atoms with Crippen LogP contribution in [0.15, 0.2) is 133 Å². The predicted octanol–water partition coefficient (Wildman–Crippen LogP) is 7.47. The first-order valence-corrected chi connectivity index (χ1v) is 16.4. The van der Waals surface area contributed by atoms with Gasteiger partial charge in [-0.05, 0) is 46.5 Å². The quantitative estimate of drug-likeness (QED) is 0.160. The molecular formula is C41H38N2O5. The molecule has 5 aromatic rings. The van der Waals surface area contributed by atoms with E-state index in [2.05, 4.69) is 60.4 Å². The fraction of sp³-hybridized carbons (Fsp3) is 0.220. The average molecular weight is 639 g/mol. The van der Waals surface area contributed by atoms with Gasteiger partial charge < -0.3 is 14.6 Å². The van der Waals surface area contributed by atoms with Gasteiger partial charge >= 0.3 is 0 Å². The molecule has 48 heavy (non-hydrogen) atoms. The molecule has 242 valence electrons. The summed E-state index contributed by atoms with van der Waals surface area (Å²) in [5.74, 6) is -0.649. The SMILES string of the molecule is CC1C(CN(Cc2ccccc2)Cc2ccccc2)OC(c2ccc(N3C(=O)c4ccccc4C3=O)cc2)OC1c1ccc(CO)cc1. The Morgan fingerprint density at radius 2 is 1.15 bits per heavy atom. The van der Waals surface area contributed by atoms with Crippen molar-refractivity contribution in [1.29, 1.82) is 0 Å². The minimum absolute atomic E-state index is 0.00731. The fourth-order valence-electron chi connectivity index (χ4n) is 6.66. The number of aliphatic hydroxyl groups is 1. The monoisotopic (exact) mass is 638 g/mol. The number of hydrogen-bond acceptors (Lipinski definition) is 6. The molecular weight excluding hydrogens is 600 g/mol. The molecule has 7 nitrogen and oxygen atoms in total. The van der Waals surface area contributed by atoms with Gasteiger partial charge in [0.05, 0.1) is 35.6 Å². The van der Waals surface area contributed by atoms with E-state index in [4.69, 9.17) is 9.47 Å². The Labute approximate surface area is 281 Å². The lowest BCUT2D eigenvalue weighted by Gasteiger charge is -2.43. The first-order valence-electron chi connectivity index (χ1n) is 16.4. The van der Waals surface area contributed by atoms with Crippen LogP contribution in [0.1, 0.15) is 67.9 Å². The van der Waals surface area contributed by atoms with Crippen molar-refractivity contribution in [3.63, 3.8) is 0 Å². The number of fused-ring (bicyclic) bond motifs is 1. The Morgan fingerprint density at radius 1 is 0.625 bits per heavy atom. The van der Waals surface area contributed by atoms with Crippen molar-refractivity contribution in [2.24, 2.45) is 5.92 Å². The van der Waals surface area contributed by atoms with E-state index in [1.807, 2.05) is 48.5 Å². The van der Waals surface area contributed by atoms with E-state index in [1.54, 1.807) is 36.4 Å². The van der Waals surface area contributed by atoms with E-state index in [1.165, 1.54) is 16.0 Å². The fourth-order valence-corrected chi connectivity index (χ4v) is 6.66. The number of anilines is 1. The number of carbonyl (C=O) groups excluding carboxylic acids is 2. The molecule has 5 aromatic carbocycles. The van der Waals surface area contributed by atoms with Gasteiger partial charge in [-0.3, -0.25) is 14.5 Å². The van der Waals surface area contributed by atoms with Crippen LogP contribution < -0.4 is 4.90 Å². The van der Waals surface area contributed by atoms with Gasteiger partial charge in [-0.2, -0.15) is 0 Å². The van der Waals surface area contributed by atoms with Crippen molar-refractivity contribution in [1.82, 2.24) is 4.90 Å². The van der Waals surface area contributed by atoms with E-state index < -0.39 is 6.29 Å². The van der Waals surface area contributed by atoms with E-state index >= 15 is 0 Å². The molecule has 2 aliphatic heterocycles. The van der Waals surface area contributed by atoms with Crippen LogP contribution in [-0.2, 0) is 29.2 Å². The third-order valence-electron chi connectivity index (χ3n) is 9.28. The number of amides is 2. The Balaban J connectivity index is 1.17. The number of aliphatic hydroxyl groups excluding tert-OH is 1. The summed E-state index contributed by atoms with van der Waals surface area (Å²) in [6.07, 6.45) is -1.14. The molecule has 2 amide bonds. The second-order valence-corrected chi connectivity index (χ2v) is 12.5.